The highest BCUT2D eigenvalue weighted by molar-refractivity contribution is 4.94. The molecule has 1 heterocycles. The van der Waals surface area contributed by atoms with Crippen LogP contribution in [0.1, 0.15) is 43.8 Å². The zero-order valence-electron chi connectivity index (χ0n) is 9.46. The summed E-state index contributed by atoms with van der Waals surface area (Å²) in [6.07, 6.45) is 9.88. The van der Waals surface area contributed by atoms with Crippen LogP contribution in [-0.2, 0) is 13.0 Å². The number of oxazole rings is 1. The highest BCUT2D eigenvalue weighted by Crippen LogP contribution is 2.28. The summed E-state index contributed by atoms with van der Waals surface area (Å²) < 4.78 is 5.61. The van der Waals surface area contributed by atoms with E-state index in [-0.39, 0.29) is 0 Å². The number of rotatable bonds is 5. The molecule has 84 valence electrons. The number of nitrogens with zero attached hydrogens (tertiary/aromatic N) is 1. The molecule has 1 saturated carbocycles. The van der Waals surface area contributed by atoms with Crippen LogP contribution in [0.5, 0.6) is 0 Å². The standard InChI is InChI=1S/C12H20N2O/c1-13-9-12-14-8-11(15-12)7-6-10-4-2-3-5-10/h8,10,13H,2-7,9H2,1H3. The van der Waals surface area contributed by atoms with Crippen molar-refractivity contribution in [3.8, 4) is 0 Å². The number of aromatic nitrogens is 1. The first kappa shape index (κ1) is 10.7. The summed E-state index contributed by atoms with van der Waals surface area (Å²) in [6.45, 7) is 0.726. The molecule has 15 heavy (non-hydrogen) atoms. The third kappa shape index (κ3) is 3.06. The van der Waals surface area contributed by atoms with Crippen molar-refractivity contribution < 1.29 is 4.42 Å². The Kier molecular flexibility index (Phi) is 3.78. The first-order valence-electron chi connectivity index (χ1n) is 5.96. The zero-order chi connectivity index (χ0) is 10.5. The quantitative estimate of drug-likeness (QED) is 0.808. The molecule has 3 heteroatoms. The van der Waals surface area contributed by atoms with Gasteiger partial charge in [0.1, 0.15) is 5.76 Å². The molecule has 0 amide bonds. The lowest BCUT2D eigenvalue weighted by Gasteiger charge is -2.05. The summed E-state index contributed by atoms with van der Waals surface area (Å²) in [5.41, 5.74) is 0. The van der Waals surface area contributed by atoms with Crippen molar-refractivity contribution in [2.45, 2.75) is 45.1 Å². The molecule has 3 nitrogen and oxygen atoms in total. The van der Waals surface area contributed by atoms with Crippen molar-refractivity contribution in [2.75, 3.05) is 7.05 Å². The fourth-order valence-corrected chi connectivity index (χ4v) is 2.34. The normalized spacial score (nSPS) is 17.4. The van der Waals surface area contributed by atoms with Gasteiger partial charge in [-0.05, 0) is 19.4 Å². The molecule has 0 aromatic carbocycles. The maximum absolute atomic E-state index is 5.61. The summed E-state index contributed by atoms with van der Waals surface area (Å²) in [6, 6.07) is 0. The van der Waals surface area contributed by atoms with Gasteiger partial charge in [-0.1, -0.05) is 25.7 Å². The lowest BCUT2D eigenvalue weighted by atomic mass is 10.0. The summed E-state index contributed by atoms with van der Waals surface area (Å²) in [5.74, 6) is 2.79. The van der Waals surface area contributed by atoms with Crippen LogP contribution >= 0.6 is 0 Å². The molecule has 1 aromatic rings. The molecule has 1 aliphatic rings. The fraction of sp³-hybridized carbons (Fsp3) is 0.750. The first-order valence-corrected chi connectivity index (χ1v) is 5.96. The van der Waals surface area contributed by atoms with Gasteiger partial charge in [-0.2, -0.15) is 0 Å². The average Bonchev–Trinajstić information content (AvgIpc) is 2.85. The second-order valence-electron chi connectivity index (χ2n) is 4.44. The maximum atomic E-state index is 5.61. The molecular weight excluding hydrogens is 188 g/mol. The van der Waals surface area contributed by atoms with E-state index in [1.54, 1.807) is 0 Å². The summed E-state index contributed by atoms with van der Waals surface area (Å²) in [7, 11) is 1.91. The van der Waals surface area contributed by atoms with E-state index in [0.717, 1.165) is 30.5 Å². The van der Waals surface area contributed by atoms with Crippen LogP contribution in [0, 0.1) is 5.92 Å². The Hall–Kier alpha value is -0.830. The van der Waals surface area contributed by atoms with E-state index in [9.17, 15) is 0 Å². The molecule has 0 saturated heterocycles. The van der Waals surface area contributed by atoms with Gasteiger partial charge >= 0.3 is 0 Å². The van der Waals surface area contributed by atoms with Gasteiger partial charge < -0.3 is 9.73 Å². The van der Waals surface area contributed by atoms with Gasteiger partial charge in [0.05, 0.1) is 12.7 Å². The Morgan fingerprint density at radius 2 is 2.27 bits per heavy atom. The van der Waals surface area contributed by atoms with Gasteiger partial charge in [-0.15, -0.1) is 0 Å². The molecule has 1 aliphatic carbocycles. The predicted molar refractivity (Wildman–Crippen MR) is 59.5 cm³/mol. The SMILES string of the molecule is CNCc1ncc(CCC2CCCC2)o1. The summed E-state index contributed by atoms with van der Waals surface area (Å²) in [5, 5.41) is 3.04. The Balaban J connectivity index is 1.77. The van der Waals surface area contributed by atoms with E-state index in [1.807, 2.05) is 13.2 Å². The predicted octanol–water partition coefficient (Wildman–Crippen LogP) is 2.52. The molecule has 0 aliphatic heterocycles. The van der Waals surface area contributed by atoms with Crippen LogP contribution in [-0.4, -0.2) is 12.0 Å². The molecule has 0 unspecified atom stereocenters. The molecule has 1 aromatic heterocycles. The second-order valence-corrected chi connectivity index (χ2v) is 4.44. The van der Waals surface area contributed by atoms with E-state index >= 15 is 0 Å². The Bertz CT molecular complexity index is 290. The molecule has 0 radical (unpaired) electrons. The Morgan fingerprint density at radius 3 is 3.00 bits per heavy atom. The van der Waals surface area contributed by atoms with Gasteiger partial charge in [-0.25, -0.2) is 4.98 Å². The molecule has 1 fully saturated rings. The van der Waals surface area contributed by atoms with Crippen LogP contribution in [0.2, 0.25) is 0 Å². The average molecular weight is 208 g/mol. The molecular formula is C12H20N2O. The Labute approximate surface area is 91.3 Å². The van der Waals surface area contributed by atoms with Crippen LogP contribution < -0.4 is 5.32 Å². The van der Waals surface area contributed by atoms with E-state index in [1.165, 1.54) is 32.1 Å². The van der Waals surface area contributed by atoms with E-state index in [2.05, 4.69) is 10.3 Å². The third-order valence-corrected chi connectivity index (χ3v) is 3.20. The van der Waals surface area contributed by atoms with Crippen LogP contribution in [0.4, 0.5) is 0 Å². The lowest BCUT2D eigenvalue weighted by molar-refractivity contribution is 0.416. The Morgan fingerprint density at radius 1 is 1.47 bits per heavy atom. The second kappa shape index (κ2) is 5.31. The van der Waals surface area contributed by atoms with E-state index < -0.39 is 0 Å². The molecule has 0 atom stereocenters. The highest BCUT2D eigenvalue weighted by Gasteiger charge is 2.15. The van der Waals surface area contributed by atoms with Gasteiger partial charge in [0.25, 0.3) is 0 Å². The summed E-state index contributed by atoms with van der Waals surface area (Å²) in [4.78, 5) is 4.22. The van der Waals surface area contributed by atoms with E-state index in [0.29, 0.717) is 0 Å². The van der Waals surface area contributed by atoms with Crippen molar-refractivity contribution in [3.05, 3.63) is 17.8 Å². The third-order valence-electron chi connectivity index (χ3n) is 3.20. The van der Waals surface area contributed by atoms with Crippen molar-refractivity contribution in [1.82, 2.24) is 10.3 Å². The minimum atomic E-state index is 0.726. The minimum Gasteiger partial charge on any atom is -0.444 e. The van der Waals surface area contributed by atoms with Gasteiger partial charge in [-0.3, -0.25) is 0 Å². The number of hydrogen-bond acceptors (Lipinski definition) is 3. The largest absolute Gasteiger partial charge is 0.444 e. The number of nitrogens with one attached hydrogen (secondary N) is 1. The van der Waals surface area contributed by atoms with Crippen molar-refractivity contribution in [1.29, 1.82) is 0 Å². The van der Waals surface area contributed by atoms with Crippen LogP contribution in [0.15, 0.2) is 10.6 Å². The number of aryl methyl sites for hydroxylation is 1. The molecule has 2 rings (SSSR count). The zero-order valence-corrected chi connectivity index (χ0v) is 9.46. The molecule has 0 spiro atoms. The maximum Gasteiger partial charge on any atom is 0.208 e. The van der Waals surface area contributed by atoms with Gasteiger partial charge in [0.2, 0.25) is 5.89 Å². The van der Waals surface area contributed by atoms with Crippen LogP contribution in [0.3, 0.4) is 0 Å². The highest BCUT2D eigenvalue weighted by atomic mass is 16.4. The van der Waals surface area contributed by atoms with Gasteiger partial charge in [0.15, 0.2) is 0 Å². The monoisotopic (exact) mass is 208 g/mol. The molecule has 1 N–H and O–H groups in total. The summed E-state index contributed by atoms with van der Waals surface area (Å²) >= 11 is 0. The smallest absolute Gasteiger partial charge is 0.208 e. The van der Waals surface area contributed by atoms with Crippen molar-refractivity contribution in [3.63, 3.8) is 0 Å². The van der Waals surface area contributed by atoms with Crippen molar-refractivity contribution in [2.24, 2.45) is 5.92 Å². The fourth-order valence-electron chi connectivity index (χ4n) is 2.34. The first-order chi connectivity index (χ1) is 7.38. The molecule has 0 bridgehead atoms. The topological polar surface area (TPSA) is 38.1 Å². The van der Waals surface area contributed by atoms with Crippen LogP contribution in [0.25, 0.3) is 0 Å². The minimum absolute atomic E-state index is 0.726. The lowest BCUT2D eigenvalue weighted by Crippen LogP contribution is -2.04. The van der Waals surface area contributed by atoms with Crippen molar-refractivity contribution >= 4 is 0 Å². The number of hydrogen-bond donors (Lipinski definition) is 1. The van der Waals surface area contributed by atoms with E-state index in [4.69, 9.17) is 4.42 Å². The van der Waals surface area contributed by atoms with Gasteiger partial charge in [0, 0.05) is 6.42 Å².